The first-order valence-corrected chi connectivity index (χ1v) is 6.71. The monoisotopic (exact) mass is 287 g/mol. The third kappa shape index (κ3) is 3.30. The maximum absolute atomic E-state index is 6.08. The van der Waals surface area contributed by atoms with Crippen LogP contribution in [0.2, 0.25) is 10.0 Å². The molecule has 0 amide bonds. The van der Waals surface area contributed by atoms with E-state index in [1.165, 1.54) is 0 Å². The van der Waals surface area contributed by atoms with Gasteiger partial charge >= 0.3 is 0 Å². The van der Waals surface area contributed by atoms with Gasteiger partial charge in [-0.3, -0.25) is 4.99 Å². The fourth-order valence-electron chi connectivity index (χ4n) is 2.04. The lowest BCUT2D eigenvalue weighted by molar-refractivity contribution is 0.408. The first kappa shape index (κ1) is 15.1. The van der Waals surface area contributed by atoms with Crippen molar-refractivity contribution in [2.24, 2.45) is 16.5 Å². The minimum Gasteiger partial charge on any atom is -0.370 e. The van der Waals surface area contributed by atoms with Crippen LogP contribution in [0, 0.1) is 0 Å². The molecule has 0 heterocycles. The Kier molecular flexibility index (Phi) is 5.29. The second-order valence-electron chi connectivity index (χ2n) is 4.36. The van der Waals surface area contributed by atoms with E-state index < -0.39 is 0 Å². The number of nitrogens with zero attached hydrogens (tertiary/aromatic N) is 1. The number of aliphatic imine (C=N–C) groups is 1. The highest BCUT2D eigenvalue weighted by molar-refractivity contribution is 6.42. The van der Waals surface area contributed by atoms with E-state index in [0.29, 0.717) is 16.6 Å². The highest BCUT2D eigenvalue weighted by atomic mass is 35.5. The number of hydrogen-bond acceptors (Lipinski definition) is 1. The predicted molar refractivity (Wildman–Crippen MR) is 79.4 cm³/mol. The van der Waals surface area contributed by atoms with E-state index in [1.807, 2.05) is 18.2 Å². The van der Waals surface area contributed by atoms with Gasteiger partial charge in [0.05, 0.1) is 16.6 Å². The molecule has 0 aliphatic carbocycles. The fourth-order valence-corrected chi connectivity index (χ4v) is 2.34. The van der Waals surface area contributed by atoms with Gasteiger partial charge < -0.3 is 11.5 Å². The maximum Gasteiger partial charge on any atom is 0.185 e. The smallest absolute Gasteiger partial charge is 0.185 e. The Morgan fingerprint density at radius 2 is 1.78 bits per heavy atom. The summed E-state index contributed by atoms with van der Waals surface area (Å²) >= 11 is 12.0. The minimum absolute atomic E-state index is 0.0990. The zero-order chi connectivity index (χ0) is 13.8. The normalized spacial score (nSPS) is 11.3. The molecule has 1 rings (SSSR count). The molecule has 100 valence electrons. The van der Waals surface area contributed by atoms with E-state index in [4.69, 9.17) is 34.7 Å². The fraction of sp³-hybridized carbons (Fsp3) is 0.462. The van der Waals surface area contributed by atoms with Crippen LogP contribution in [0.1, 0.15) is 32.3 Å². The number of halogens is 2. The van der Waals surface area contributed by atoms with Crippen LogP contribution in [0.4, 0.5) is 0 Å². The van der Waals surface area contributed by atoms with E-state index in [9.17, 15) is 0 Å². The van der Waals surface area contributed by atoms with Gasteiger partial charge in [-0.25, -0.2) is 0 Å². The Bertz CT molecular complexity index is 436. The van der Waals surface area contributed by atoms with Crippen LogP contribution in [0.5, 0.6) is 0 Å². The Morgan fingerprint density at radius 3 is 2.22 bits per heavy atom. The van der Waals surface area contributed by atoms with Crippen molar-refractivity contribution < 1.29 is 0 Å². The number of rotatable bonds is 5. The molecule has 0 saturated heterocycles. The average molecular weight is 288 g/mol. The van der Waals surface area contributed by atoms with Gasteiger partial charge in [0.2, 0.25) is 0 Å². The molecular formula is C13H19Cl2N3. The maximum atomic E-state index is 6.08. The lowest BCUT2D eigenvalue weighted by Crippen LogP contribution is -2.31. The molecule has 0 radical (unpaired) electrons. The number of hydrogen-bond donors (Lipinski definition) is 2. The van der Waals surface area contributed by atoms with Crippen molar-refractivity contribution in [1.29, 1.82) is 0 Å². The van der Waals surface area contributed by atoms with E-state index >= 15 is 0 Å². The van der Waals surface area contributed by atoms with Crippen molar-refractivity contribution in [3.05, 3.63) is 33.8 Å². The van der Waals surface area contributed by atoms with Crippen molar-refractivity contribution in [2.75, 3.05) is 6.54 Å². The largest absolute Gasteiger partial charge is 0.370 e. The van der Waals surface area contributed by atoms with Gasteiger partial charge in [0.25, 0.3) is 0 Å². The summed E-state index contributed by atoms with van der Waals surface area (Å²) in [5.41, 5.74) is 11.9. The lowest BCUT2D eigenvalue weighted by Gasteiger charge is -2.31. The predicted octanol–water partition coefficient (Wildman–Crippen LogP) is 3.32. The van der Waals surface area contributed by atoms with E-state index in [0.717, 1.165) is 18.4 Å². The molecule has 0 aromatic heterocycles. The highest BCUT2D eigenvalue weighted by Gasteiger charge is 2.28. The first-order chi connectivity index (χ1) is 8.45. The molecule has 0 unspecified atom stereocenters. The van der Waals surface area contributed by atoms with Crippen molar-refractivity contribution in [3.8, 4) is 0 Å². The SMILES string of the molecule is CCC(CC)(CN=C(N)N)c1ccc(Cl)c(Cl)c1. The minimum atomic E-state index is -0.0990. The van der Waals surface area contributed by atoms with Gasteiger partial charge in [-0.1, -0.05) is 43.1 Å². The van der Waals surface area contributed by atoms with Gasteiger partial charge in [-0.05, 0) is 30.5 Å². The number of nitrogens with two attached hydrogens (primary N) is 2. The second kappa shape index (κ2) is 6.30. The van der Waals surface area contributed by atoms with Crippen LogP contribution >= 0.6 is 23.2 Å². The first-order valence-electron chi connectivity index (χ1n) is 5.96. The molecule has 0 spiro atoms. The zero-order valence-electron chi connectivity index (χ0n) is 10.7. The zero-order valence-corrected chi connectivity index (χ0v) is 12.2. The molecule has 0 saturated carbocycles. The van der Waals surface area contributed by atoms with Gasteiger partial charge in [0.1, 0.15) is 0 Å². The van der Waals surface area contributed by atoms with Gasteiger partial charge in [0.15, 0.2) is 5.96 Å². The highest BCUT2D eigenvalue weighted by Crippen LogP contribution is 2.35. The van der Waals surface area contributed by atoms with Crippen LogP contribution in [-0.4, -0.2) is 12.5 Å². The molecule has 0 aliphatic heterocycles. The third-order valence-corrected chi connectivity index (χ3v) is 4.19. The Balaban J connectivity index is 3.17. The van der Waals surface area contributed by atoms with Crippen molar-refractivity contribution >= 4 is 29.2 Å². The van der Waals surface area contributed by atoms with Gasteiger partial charge in [-0.2, -0.15) is 0 Å². The molecule has 4 N–H and O–H groups in total. The molecule has 0 fully saturated rings. The molecule has 0 bridgehead atoms. The number of guanidine groups is 1. The molecule has 3 nitrogen and oxygen atoms in total. The molecule has 5 heteroatoms. The van der Waals surface area contributed by atoms with E-state index in [-0.39, 0.29) is 11.4 Å². The van der Waals surface area contributed by atoms with Crippen LogP contribution in [0.3, 0.4) is 0 Å². The number of benzene rings is 1. The van der Waals surface area contributed by atoms with Crippen molar-refractivity contribution in [2.45, 2.75) is 32.1 Å². The van der Waals surface area contributed by atoms with E-state index in [2.05, 4.69) is 18.8 Å². The summed E-state index contributed by atoms with van der Waals surface area (Å²) in [7, 11) is 0. The molecule has 1 aromatic rings. The topological polar surface area (TPSA) is 64.4 Å². The summed E-state index contributed by atoms with van der Waals surface area (Å²) in [5.74, 6) is 0.112. The summed E-state index contributed by atoms with van der Waals surface area (Å²) in [6.45, 7) is 4.79. The summed E-state index contributed by atoms with van der Waals surface area (Å²) in [5, 5.41) is 1.12. The second-order valence-corrected chi connectivity index (χ2v) is 5.17. The Morgan fingerprint density at radius 1 is 1.17 bits per heavy atom. The van der Waals surface area contributed by atoms with Crippen LogP contribution in [0.15, 0.2) is 23.2 Å². The van der Waals surface area contributed by atoms with Gasteiger partial charge in [-0.15, -0.1) is 0 Å². The average Bonchev–Trinajstić information content (AvgIpc) is 2.35. The van der Waals surface area contributed by atoms with Crippen LogP contribution < -0.4 is 11.5 Å². The molecule has 0 aliphatic rings. The molecular weight excluding hydrogens is 269 g/mol. The summed E-state index contributed by atoms with van der Waals surface area (Å²) in [6.07, 6.45) is 1.86. The standard InChI is InChI=1S/C13H19Cl2N3/c1-3-13(4-2,8-18-12(16)17)9-5-6-10(14)11(15)7-9/h5-7H,3-4,8H2,1-2H3,(H4,16,17,18). The summed E-state index contributed by atoms with van der Waals surface area (Å²) in [4.78, 5) is 4.16. The lowest BCUT2D eigenvalue weighted by atomic mass is 9.76. The van der Waals surface area contributed by atoms with Crippen LogP contribution in [-0.2, 0) is 5.41 Å². The summed E-state index contributed by atoms with van der Waals surface area (Å²) < 4.78 is 0. The quantitative estimate of drug-likeness (QED) is 0.644. The van der Waals surface area contributed by atoms with Crippen molar-refractivity contribution in [3.63, 3.8) is 0 Å². The summed E-state index contributed by atoms with van der Waals surface area (Å²) in [6, 6.07) is 5.71. The van der Waals surface area contributed by atoms with Gasteiger partial charge in [0, 0.05) is 5.41 Å². The molecule has 0 atom stereocenters. The third-order valence-electron chi connectivity index (χ3n) is 3.45. The van der Waals surface area contributed by atoms with Crippen molar-refractivity contribution in [1.82, 2.24) is 0 Å². The van der Waals surface area contributed by atoms with E-state index in [1.54, 1.807) is 0 Å². The Labute approximate surface area is 118 Å². The molecule has 1 aromatic carbocycles. The Hall–Kier alpha value is -0.930. The molecule has 18 heavy (non-hydrogen) atoms. The van der Waals surface area contributed by atoms with Crippen LogP contribution in [0.25, 0.3) is 0 Å².